The Morgan fingerprint density at radius 3 is 2.47 bits per heavy atom. The molecule has 0 atom stereocenters. The average molecular weight is 229 g/mol. The minimum atomic E-state index is -1.14. The van der Waals surface area contributed by atoms with Crippen molar-refractivity contribution in [3.8, 4) is 0 Å². The second kappa shape index (κ2) is 4.79. The summed E-state index contributed by atoms with van der Waals surface area (Å²) in [6, 6.07) is 4.64. The van der Waals surface area contributed by atoms with E-state index in [1.165, 1.54) is 6.07 Å². The lowest BCUT2D eigenvalue weighted by Crippen LogP contribution is -2.06. The molecule has 0 spiro atoms. The highest BCUT2D eigenvalue weighted by atomic mass is 35.5. The molecule has 0 saturated heterocycles. The van der Waals surface area contributed by atoms with Crippen molar-refractivity contribution in [3.63, 3.8) is 0 Å². The lowest BCUT2D eigenvalue weighted by molar-refractivity contribution is -0.136. The lowest BCUT2D eigenvalue weighted by Gasteiger charge is -2.05. The normalized spacial score (nSPS) is 9.93. The van der Waals surface area contributed by atoms with Gasteiger partial charge in [-0.1, -0.05) is 23.7 Å². The third-order valence-electron chi connectivity index (χ3n) is 1.92. The lowest BCUT2D eigenvalue weighted by atomic mass is 10.0. The molecule has 1 aromatic rings. The molecule has 0 saturated carbocycles. The average Bonchev–Trinajstić information content (AvgIpc) is 2.13. The molecule has 0 fully saturated rings. The van der Waals surface area contributed by atoms with Crippen molar-refractivity contribution >= 4 is 23.5 Å². The van der Waals surface area contributed by atoms with Crippen molar-refractivity contribution in [2.24, 2.45) is 0 Å². The Kier molecular flexibility index (Phi) is 3.68. The monoisotopic (exact) mass is 228 g/mol. The van der Waals surface area contributed by atoms with Crippen LogP contribution in [0.1, 0.15) is 22.3 Å². The zero-order chi connectivity index (χ0) is 11.4. The topological polar surface area (TPSA) is 74.6 Å². The number of hydrogen-bond donors (Lipinski definition) is 2. The van der Waals surface area contributed by atoms with Gasteiger partial charge in [-0.15, -0.1) is 0 Å². The van der Waals surface area contributed by atoms with Crippen LogP contribution in [0.15, 0.2) is 18.2 Å². The number of halogens is 1. The maximum absolute atomic E-state index is 10.9. The molecule has 1 aromatic carbocycles. The first-order chi connectivity index (χ1) is 7.02. The van der Waals surface area contributed by atoms with E-state index in [0.717, 1.165) is 0 Å². The van der Waals surface area contributed by atoms with Gasteiger partial charge in [-0.05, 0) is 18.1 Å². The number of carboxylic acid groups (broad SMARTS) is 2. The van der Waals surface area contributed by atoms with Gasteiger partial charge in [-0.3, -0.25) is 4.79 Å². The standard InChI is InChI=1S/C10H9ClO4/c11-7-3-1-2-6(4-5-8(12)13)9(7)10(14)15/h1-3H,4-5H2,(H,12,13)(H,14,15). The molecule has 0 bridgehead atoms. The first kappa shape index (κ1) is 11.5. The summed E-state index contributed by atoms with van der Waals surface area (Å²) < 4.78 is 0. The van der Waals surface area contributed by atoms with Crippen molar-refractivity contribution in [3.05, 3.63) is 34.3 Å². The van der Waals surface area contributed by atoms with Gasteiger partial charge in [0.25, 0.3) is 0 Å². The Morgan fingerprint density at radius 2 is 1.93 bits per heavy atom. The van der Waals surface area contributed by atoms with Gasteiger partial charge in [-0.25, -0.2) is 4.79 Å². The number of hydrogen-bond acceptors (Lipinski definition) is 2. The second-order valence-corrected chi connectivity index (χ2v) is 3.38. The minimum absolute atomic E-state index is 0.0135. The van der Waals surface area contributed by atoms with Crippen molar-refractivity contribution in [2.75, 3.05) is 0 Å². The highest BCUT2D eigenvalue weighted by molar-refractivity contribution is 6.33. The van der Waals surface area contributed by atoms with Crippen LogP contribution in [0.2, 0.25) is 5.02 Å². The van der Waals surface area contributed by atoms with Crippen LogP contribution >= 0.6 is 11.6 Å². The first-order valence-electron chi connectivity index (χ1n) is 4.25. The molecule has 4 nitrogen and oxygen atoms in total. The van der Waals surface area contributed by atoms with Crippen LogP contribution in [0.25, 0.3) is 0 Å². The predicted molar refractivity (Wildman–Crippen MR) is 54.4 cm³/mol. The van der Waals surface area contributed by atoms with Crippen molar-refractivity contribution in [2.45, 2.75) is 12.8 Å². The maximum atomic E-state index is 10.9. The van der Waals surface area contributed by atoms with Crippen LogP contribution in [0.3, 0.4) is 0 Å². The van der Waals surface area contributed by atoms with Gasteiger partial charge in [-0.2, -0.15) is 0 Å². The van der Waals surface area contributed by atoms with Crippen LogP contribution in [0.4, 0.5) is 0 Å². The Morgan fingerprint density at radius 1 is 1.27 bits per heavy atom. The van der Waals surface area contributed by atoms with Crippen molar-refractivity contribution < 1.29 is 19.8 Å². The molecule has 80 valence electrons. The predicted octanol–water partition coefficient (Wildman–Crippen LogP) is 2.06. The SMILES string of the molecule is O=C(O)CCc1cccc(Cl)c1C(=O)O. The van der Waals surface area contributed by atoms with Crippen molar-refractivity contribution in [1.29, 1.82) is 0 Å². The molecule has 0 amide bonds. The van der Waals surface area contributed by atoms with Gasteiger partial charge in [0.2, 0.25) is 0 Å². The molecule has 0 aliphatic carbocycles. The molecule has 0 aromatic heterocycles. The molecule has 1 rings (SSSR count). The first-order valence-corrected chi connectivity index (χ1v) is 4.62. The number of carboxylic acids is 2. The van der Waals surface area contributed by atoms with Gasteiger partial charge in [0.15, 0.2) is 0 Å². The van der Waals surface area contributed by atoms with E-state index in [4.69, 9.17) is 21.8 Å². The maximum Gasteiger partial charge on any atom is 0.337 e. The fraction of sp³-hybridized carbons (Fsp3) is 0.200. The Hall–Kier alpha value is -1.55. The fourth-order valence-electron chi connectivity index (χ4n) is 1.26. The highest BCUT2D eigenvalue weighted by Crippen LogP contribution is 2.21. The molecule has 2 N–H and O–H groups in total. The zero-order valence-corrected chi connectivity index (χ0v) is 8.49. The van der Waals surface area contributed by atoms with Crippen LogP contribution in [0.5, 0.6) is 0 Å². The number of rotatable bonds is 4. The fourth-order valence-corrected chi connectivity index (χ4v) is 1.53. The molecular weight excluding hydrogens is 220 g/mol. The Balaban J connectivity index is 3.01. The van der Waals surface area contributed by atoms with E-state index in [1.54, 1.807) is 12.1 Å². The van der Waals surface area contributed by atoms with Crippen LogP contribution in [-0.2, 0) is 11.2 Å². The zero-order valence-electron chi connectivity index (χ0n) is 7.74. The summed E-state index contributed by atoms with van der Waals surface area (Å²) in [6.07, 6.45) is 0.0537. The van der Waals surface area contributed by atoms with Crippen LogP contribution < -0.4 is 0 Å². The molecule has 0 aliphatic rings. The van der Waals surface area contributed by atoms with E-state index in [-0.39, 0.29) is 23.4 Å². The van der Waals surface area contributed by atoms with Gasteiger partial charge >= 0.3 is 11.9 Å². The molecule has 15 heavy (non-hydrogen) atoms. The number of aryl methyl sites for hydroxylation is 1. The number of aromatic carboxylic acids is 1. The Bertz CT molecular complexity index is 400. The molecule has 0 aliphatic heterocycles. The molecule has 0 heterocycles. The number of carbonyl (C=O) groups is 2. The molecule has 0 unspecified atom stereocenters. The third kappa shape index (κ3) is 2.95. The quantitative estimate of drug-likeness (QED) is 0.827. The van der Waals surface area contributed by atoms with E-state index >= 15 is 0 Å². The van der Waals surface area contributed by atoms with E-state index < -0.39 is 11.9 Å². The summed E-state index contributed by atoms with van der Waals surface area (Å²) in [7, 11) is 0. The largest absolute Gasteiger partial charge is 0.481 e. The third-order valence-corrected chi connectivity index (χ3v) is 2.24. The molecule has 0 radical (unpaired) electrons. The summed E-state index contributed by atoms with van der Waals surface area (Å²) in [6.45, 7) is 0. The van der Waals surface area contributed by atoms with Gasteiger partial charge in [0.1, 0.15) is 0 Å². The number of aliphatic carboxylic acids is 1. The second-order valence-electron chi connectivity index (χ2n) is 2.97. The van der Waals surface area contributed by atoms with E-state index in [2.05, 4.69) is 0 Å². The molecular formula is C10H9ClO4. The van der Waals surface area contributed by atoms with E-state index in [1.807, 2.05) is 0 Å². The number of benzene rings is 1. The molecule has 5 heteroatoms. The summed E-state index contributed by atoms with van der Waals surface area (Å²) in [5.41, 5.74) is 0.429. The smallest absolute Gasteiger partial charge is 0.337 e. The van der Waals surface area contributed by atoms with E-state index in [0.29, 0.717) is 5.56 Å². The van der Waals surface area contributed by atoms with Crippen LogP contribution in [0, 0.1) is 0 Å². The minimum Gasteiger partial charge on any atom is -0.481 e. The summed E-state index contributed by atoms with van der Waals surface area (Å²) in [5.74, 6) is -2.10. The van der Waals surface area contributed by atoms with Crippen LogP contribution in [-0.4, -0.2) is 22.2 Å². The van der Waals surface area contributed by atoms with Crippen molar-refractivity contribution in [1.82, 2.24) is 0 Å². The van der Waals surface area contributed by atoms with Gasteiger partial charge < -0.3 is 10.2 Å². The van der Waals surface area contributed by atoms with Gasteiger partial charge in [0.05, 0.1) is 10.6 Å². The Labute approximate surface area is 91.1 Å². The summed E-state index contributed by atoms with van der Waals surface area (Å²) >= 11 is 5.71. The van der Waals surface area contributed by atoms with Gasteiger partial charge in [0, 0.05) is 6.42 Å². The summed E-state index contributed by atoms with van der Waals surface area (Å²) in [5, 5.41) is 17.5. The summed E-state index contributed by atoms with van der Waals surface area (Å²) in [4.78, 5) is 21.2. The highest BCUT2D eigenvalue weighted by Gasteiger charge is 2.14. The van der Waals surface area contributed by atoms with E-state index in [9.17, 15) is 9.59 Å².